The molecule has 0 bridgehead atoms. The molecule has 2 heterocycles. The monoisotopic (exact) mass is 244 g/mol. The number of aryl methyl sites for hydroxylation is 1. The minimum atomic E-state index is -0.190. The Morgan fingerprint density at radius 2 is 2.17 bits per heavy atom. The summed E-state index contributed by atoms with van der Waals surface area (Å²) in [5.74, 6) is -0.190. The van der Waals surface area contributed by atoms with E-state index in [0.29, 0.717) is 6.04 Å². The number of hydrogen-bond acceptors (Lipinski definition) is 2. The molecule has 0 saturated carbocycles. The second-order valence-electron chi connectivity index (χ2n) is 5.02. The van der Waals surface area contributed by atoms with Gasteiger partial charge in [-0.25, -0.2) is 4.39 Å². The molecule has 1 aliphatic heterocycles. The molecular weight excluding hydrogens is 227 g/mol. The number of aromatic nitrogens is 1. The minimum Gasteiger partial charge on any atom is -0.310 e. The smallest absolute Gasteiger partial charge is 0.123 e. The van der Waals surface area contributed by atoms with Gasteiger partial charge in [-0.1, -0.05) is 6.42 Å². The Labute approximate surface area is 106 Å². The maximum absolute atomic E-state index is 13.4. The molecule has 0 amide bonds. The van der Waals surface area contributed by atoms with E-state index in [1.807, 2.05) is 6.92 Å². The molecular formula is C15H17FN2. The van der Waals surface area contributed by atoms with Crippen molar-refractivity contribution < 1.29 is 4.39 Å². The Morgan fingerprint density at radius 3 is 2.94 bits per heavy atom. The van der Waals surface area contributed by atoms with E-state index in [-0.39, 0.29) is 5.82 Å². The van der Waals surface area contributed by atoms with Crippen LogP contribution in [0.5, 0.6) is 0 Å². The second-order valence-corrected chi connectivity index (χ2v) is 5.02. The Bertz CT molecular complexity index is 574. The van der Waals surface area contributed by atoms with Gasteiger partial charge in [0, 0.05) is 17.1 Å². The van der Waals surface area contributed by atoms with E-state index < -0.39 is 0 Å². The zero-order valence-corrected chi connectivity index (χ0v) is 10.5. The SMILES string of the molecule is Cc1cc(C2CCCCN2)c2cc(F)ccc2n1. The highest BCUT2D eigenvalue weighted by molar-refractivity contribution is 5.83. The van der Waals surface area contributed by atoms with Gasteiger partial charge in [-0.2, -0.15) is 0 Å². The molecule has 0 aliphatic carbocycles. The largest absolute Gasteiger partial charge is 0.310 e. The van der Waals surface area contributed by atoms with E-state index in [9.17, 15) is 4.39 Å². The highest BCUT2D eigenvalue weighted by Crippen LogP contribution is 2.29. The lowest BCUT2D eigenvalue weighted by atomic mass is 9.94. The van der Waals surface area contributed by atoms with Gasteiger partial charge >= 0.3 is 0 Å². The normalized spacial score (nSPS) is 20.2. The van der Waals surface area contributed by atoms with Crippen LogP contribution in [0.1, 0.15) is 36.6 Å². The first-order chi connectivity index (χ1) is 8.74. The van der Waals surface area contributed by atoms with Crippen LogP contribution in [0, 0.1) is 12.7 Å². The van der Waals surface area contributed by atoms with Crippen molar-refractivity contribution in [1.29, 1.82) is 0 Å². The van der Waals surface area contributed by atoms with Gasteiger partial charge in [0.1, 0.15) is 5.82 Å². The van der Waals surface area contributed by atoms with Crippen LogP contribution in [-0.2, 0) is 0 Å². The number of nitrogens with one attached hydrogen (secondary N) is 1. The standard InChI is InChI=1S/C15H17FN2/c1-10-8-12(14-4-2-3-7-17-14)13-9-11(16)5-6-15(13)18-10/h5-6,8-9,14,17H,2-4,7H2,1H3. The first-order valence-corrected chi connectivity index (χ1v) is 6.54. The van der Waals surface area contributed by atoms with Crippen molar-refractivity contribution in [3.8, 4) is 0 Å². The number of halogens is 1. The summed E-state index contributed by atoms with van der Waals surface area (Å²) in [6, 6.07) is 7.28. The number of piperidine rings is 1. The number of fused-ring (bicyclic) bond motifs is 1. The van der Waals surface area contributed by atoms with Gasteiger partial charge in [0.25, 0.3) is 0 Å². The third-order valence-electron chi connectivity index (χ3n) is 3.62. The predicted octanol–water partition coefficient (Wildman–Crippen LogP) is 3.50. The molecule has 2 aromatic rings. The third kappa shape index (κ3) is 2.10. The maximum atomic E-state index is 13.4. The number of nitrogens with zero attached hydrogens (tertiary/aromatic N) is 1. The first kappa shape index (κ1) is 11.6. The molecule has 0 radical (unpaired) electrons. The number of benzene rings is 1. The third-order valence-corrected chi connectivity index (χ3v) is 3.62. The molecule has 1 aromatic carbocycles. The van der Waals surface area contributed by atoms with E-state index >= 15 is 0 Å². The van der Waals surface area contributed by atoms with Crippen molar-refractivity contribution in [3.05, 3.63) is 41.3 Å². The Hall–Kier alpha value is -1.48. The molecule has 1 unspecified atom stereocenters. The van der Waals surface area contributed by atoms with Crippen molar-refractivity contribution in [1.82, 2.24) is 10.3 Å². The molecule has 1 aliphatic rings. The first-order valence-electron chi connectivity index (χ1n) is 6.54. The van der Waals surface area contributed by atoms with Gasteiger partial charge in [-0.15, -0.1) is 0 Å². The lowest BCUT2D eigenvalue weighted by molar-refractivity contribution is 0.414. The van der Waals surface area contributed by atoms with Gasteiger partial charge in [-0.3, -0.25) is 4.98 Å². The summed E-state index contributed by atoms with van der Waals surface area (Å²) in [4.78, 5) is 4.48. The van der Waals surface area contributed by atoms with E-state index in [0.717, 1.165) is 29.6 Å². The molecule has 3 rings (SSSR count). The lowest BCUT2D eigenvalue weighted by Crippen LogP contribution is -2.27. The van der Waals surface area contributed by atoms with Crippen LogP contribution in [0.4, 0.5) is 4.39 Å². The average molecular weight is 244 g/mol. The fourth-order valence-electron chi connectivity index (χ4n) is 2.77. The highest BCUT2D eigenvalue weighted by Gasteiger charge is 2.18. The van der Waals surface area contributed by atoms with Crippen molar-refractivity contribution in [3.63, 3.8) is 0 Å². The van der Waals surface area contributed by atoms with E-state index in [1.54, 1.807) is 12.1 Å². The molecule has 3 heteroatoms. The fourth-order valence-corrected chi connectivity index (χ4v) is 2.77. The molecule has 1 N–H and O–H groups in total. The number of pyridine rings is 1. The minimum absolute atomic E-state index is 0.190. The summed E-state index contributed by atoms with van der Waals surface area (Å²) in [7, 11) is 0. The fraction of sp³-hybridized carbons (Fsp3) is 0.400. The molecule has 1 saturated heterocycles. The van der Waals surface area contributed by atoms with Crippen LogP contribution < -0.4 is 5.32 Å². The van der Waals surface area contributed by atoms with Gasteiger partial charge < -0.3 is 5.32 Å². The molecule has 18 heavy (non-hydrogen) atoms. The second kappa shape index (κ2) is 4.65. The molecule has 1 atom stereocenters. The van der Waals surface area contributed by atoms with Crippen molar-refractivity contribution in [2.45, 2.75) is 32.2 Å². The Morgan fingerprint density at radius 1 is 1.28 bits per heavy atom. The Balaban J connectivity index is 2.16. The molecule has 0 spiro atoms. The topological polar surface area (TPSA) is 24.9 Å². The maximum Gasteiger partial charge on any atom is 0.123 e. The van der Waals surface area contributed by atoms with E-state index in [2.05, 4.69) is 16.4 Å². The van der Waals surface area contributed by atoms with E-state index in [4.69, 9.17) is 0 Å². The molecule has 2 nitrogen and oxygen atoms in total. The van der Waals surface area contributed by atoms with Crippen molar-refractivity contribution >= 4 is 10.9 Å². The van der Waals surface area contributed by atoms with Gasteiger partial charge in [-0.05, 0) is 56.1 Å². The van der Waals surface area contributed by atoms with Gasteiger partial charge in [0.15, 0.2) is 0 Å². The van der Waals surface area contributed by atoms with Crippen LogP contribution in [0.2, 0.25) is 0 Å². The van der Waals surface area contributed by atoms with Crippen LogP contribution in [0.15, 0.2) is 24.3 Å². The van der Waals surface area contributed by atoms with Crippen LogP contribution in [-0.4, -0.2) is 11.5 Å². The molecule has 1 fully saturated rings. The van der Waals surface area contributed by atoms with Gasteiger partial charge in [0.05, 0.1) is 5.52 Å². The lowest BCUT2D eigenvalue weighted by Gasteiger charge is -2.25. The van der Waals surface area contributed by atoms with Crippen LogP contribution in [0.3, 0.4) is 0 Å². The van der Waals surface area contributed by atoms with Gasteiger partial charge in [0.2, 0.25) is 0 Å². The molecule has 94 valence electrons. The predicted molar refractivity (Wildman–Crippen MR) is 71.0 cm³/mol. The highest BCUT2D eigenvalue weighted by atomic mass is 19.1. The summed E-state index contributed by atoms with van der Waals surface area (Å²) >= 11 is 0. The number of rotatable bonds is 1. The summed E-state index contributed by atoms with van der Waals surface area (Å²) in [6.07, 6.45) is 3.58. The number of hydrogen-bond donors (Lipinski definition) is 1. The Kier molecular flexibility index (Phi) is 3.00. The zero-order valence-electron chi connectivity index (χ0n) is 10.5. The van der Waals surface area contributed by atoms with Crippen LogP contribution >= 0.6 is 0 Å². The summed E-state index contributed by atoms with van der Waals surface area (Å²) in [6.45, 7) is 3.04. The average Bonchev–Trinajstić information content (AvgIpc) is 2.39. The zero-order chi connectivity index (χ0) is 12.5. The summed E-state index contributed by atoms with van der Waals surface area (Å²) in [5.41, 5.74) is 3.08. The van der Waals surface area contributed by atoms with Crippen molar-refractivity contribution in [2.75, 3.05) is 6.54 Å². The van der Waals surface area contributed by atoms with E-state index in [1.165, 1.54) is 24.5 Å². The summed E-state index contributed by atoms with van der Waals surface area (Å²) in [5, 5.41) is 4.47. The van der Waals surface area contributed by atoms with Crippen LogP contribution in [0.25, 0.3) is 10.9 Å². The summed E-state index contributed by atoms with van der Waals surface area (Å²) < 4.78 is 13.4. The quantitative estimate of drug-likeness (QED) is 0.830. The van der Waals surface area contributed by atoms with Crippen molar-refractivity contribution in [2.24, 2.45) is 0 Å². The molecule has 1 aromatic heterocycles.